The number of aromatic nitrogens is 4. The van der Waals surface area contributed by atoms with E-state index in [2.05, 4.69) is 30.6 Å². The molecule has 0 atom stereocenters. The molecule has 0 unspecified atom stereocenters. The van der Waals surface area contributed by atoms with Gasteiger partial charge in [0.2, 0.25) is 0 Å². The number of imidazole rings is 2. The molecule has 0 spiro atoms. The molecule has 33 heavy (non-hydrogen) atoms. The van der Waals surface area contributed by atoms with Gasteiger partial charge in [-0.3, -0.25) is 9.59 Å². The SMILES string of the molecule is COC(CNC(=O)c1cnc(-c2ccccc2)[nH]1)CNC(=O)c1cnc(-c2ccccc2)[nH]1. The third-order valence-electron chi connectivity index (χ3n) is 5.05. The predicted octanol–water partition coefficient (Wildman–Crippen LogP) is 2.64. The molecule has 2 heterocycles. The molecular formula is C24H24N6O3. The van der Waals surface area contributed by atoms with Crippen molar-refractivity contribution in [1.29, 1.82) is 0 Å². The molecule has 0 aliphatic rings. The molecule has 2 aromatic heterocycles. The van der Waals surface area contributed by atoms with Gasteiger partial charge in [-0.25, -0.2) is 9.97 Å². The normalized spacial score (nSPS) is 10.8. The number of carbonyl (C=O) groups excluding carboxylic acids is 2. The number of hydrogen-bond acceptors (Lipinski definition) is 5. The van der Waals surface area contributed by atoms with Crippen molar-refractivity contribution >= 4 is 11.8 Å². The van der Waals surface area contributed by atoms with E-state index in [-0.39, 0.29) is 24.9 Å². The monoisotopic (exact) mass is 444 g/mol. The predicted molar refractivity (Wildman–Crippen MR) is 124 cm³/mol. The van der Waals surface area contributed by atoms with Gasteiger partial charge in [-0.05, 0) is 0 Å². The van der Waals surface area contributed by atoms with Crippen LogP contribution in [-0.2, 0) is 4.74 Å². The molecule has 9 nitrogen and oxygen atoms in total. The summed E-state index contributed by atoms with van der Waals surface area (Å²) in [5, 5.41) is 5.59. The van der Waals surface area contributed by atoms with Crippen molar-refractivity contribution in [2.75, 3.05) is 20.2 Å². The summed E-state index contributed by atoms with van der Waals surface area (Å²) in [4.78, 5) is 39.5. The van der Waals surface area contributed by atoms with Crippen LogP contribution in [0.15, 0.2) is 73.1 Å². The number of ether oxygens (including phenoxy) is 1. The third kappa shape index (κ3) is 5.52. The number of benzene rings is 2. The molecule has 9 heteroatoms. The van der Waals surface area contributed by atoms with Gasteiger partial charge in [0.1, 0.15) is 23.0 Å². The van der Waals surface area contributed by atoms with Crippen LogP contribution in [0.2, 0.25) is 0 Å². The zero-order valence-electron chi connectivity index (χ0n) is 18.0. The second kappa shape index (κ2) is 10.4. The Hall–Kier alpha value is -4.24. The number of methoxy groups -OCH3 is 1. The quantitative estimate of drug-likeness (QED) is 0.316. The lowest BCUT2D eigenvalue weighted by atomic mass is 10.2. The van der Waals surface area contributed by atoms with Gasteiger partial charge >= 0.3 is 0 Å². The number of carbonyl (C=O) groups is 2. The van der Waals surface area contributed by atoms with Gasteiger partial charge in [-0.15, -0.1) is 0 Å². The van der Waals surface area contributed by atoms with Crippen molar-refractivity contribution in [1.82, 2.24) is 30.6 Å². The Morgan fingerprint density at radius 3 is 1.61 bits per heavy atom. The molecular weight excluding hydrogens is 420 g/mol. The minimum absolute atomic E-state index is 0.216. The van der Waals surface area contributed by atoms with Gasteiger partial charge in [0, 0.05) is 31.3 Å². The van der Waals surface area contributed by atoms with E-state index in [4.69, 9.17) is 4.74 Å². The molecule has 2 amide bonds. The van der Waals surface area contributed by atoms with Crippen LogP contribution in [0.25, 0.3) is 22.8 Å². The van der Waals surface area contributed by atoms with Crippen LogP contribution >= 0.6 is 0 Å². The van der Waals surface area contributed by atoms with Gasteiger partial charge in [0.15, 0.2) is 0 Å². The Morgan fingerprint density at radius 1 is 0.788 bits per heavy atom. The maximum absolute atomic E-state index is 12.5. The fourth-order valence-electron chi connectivity index (χ4n) is 3.20. The number of nitrogens with one attached hydrogen (secondary N) is 4. The Balaban J connectivity index is 1.27. The number of aromatic amines is 2. The molecule has 168 valence electrons. The molecule has 4 rings (SSSR count). The Labute approximate surface area is 190 Å². The van der Waals surface area contributed by atoms with E-state index < -0.39 is 6.10 Å². The van der Waals surface area contributed by atoms with Crippen LogP contribution in [0.3, 0.4) is 0 Å². The summed E-state index contributed by atoms with van der Waals surface area (Å²) in [7, 11) is 1.52. The molecule has 0 radical (unpaired) electrons. The fourth-order valence-corrected chi connectivity index (χ4v) is 3.20. The highest BCUT2D eigenvalue weighted by Gasteiger charge is 2.16. The van der Waals surface area contributed by atoms with E-state index in [1.54, 1.807) is 0 Å². The van der Waals surface area contributed by atoms with Crippen LogP contribution in [-0.4, -0.2) is 58.1 Å². The second-order valence-corrected chi connectivity index (χ2v) is 7.30. The average molecular weight is 444 g/mol. The molecule has 0 saturated carbocycles. The van der Waals surface area contributed by atoms with Crippen molar-refractivity contribution in [3.05, 3.63) is 84.4 Å². The van der Waals surface area contributed by atoms with E-state index in [1.165, 1.54) is 19.5 Å². The lowest BCUT2D eigenvalue weighted by Crippen LogP contribution is -2.41. The van der Waals surface area contributed by atoms with Crippen LogP contribution in [0.5, 0.6) is 0 Å². The standard InChI is InChI=1S/C24H24N6O3/c1-33-18(12-27-23(31)19-14-25-21(29-19)16-8-4-2-5-9-16)13-28-24(32)20-15-26-22(30-20)17-10-6-3-7-11-17/h2-11,14-15,18H,12-13H2,1H3,(H,25,29)(H,26,30)(H,27,31)(H,28,32). The van der Waals surface area contributed by atoms with Crippen molar-refractivity contribution in [2.45, 2.75) is 6.10 Å². The largest absolute Gasteiger partial charge is 0.378 e. The highest BCUT2D eigenvalue weighted by Crippen LogP contribution is 2.15. The molecule has 4 N–H and O–H groups in total. The summed E-state index contributed by atoms with van der Waals surface area (Å²) in [5.41, 5.74) is 2.48. The van der Waals surface area contributed by atoms with E-state index >= 15 is 0 Å². The van der Waals surface area contributed by atoms with Crippen molar-refractivity contribution < 1.29 is 14.3 Å². The lowest BCUT2D eigenvalue weighted by molar-refractivity contribution is 0.0772. The first kappa shape index (κ1) is 22.0. The van der Waals surface area contributed by atoms with E-state index in [1.807, 2.05) is 60.7 Å². The lowest BCUT2D eigenvalue weighted by Gasteiger charge is -2.16. The number of rotatable bonds is 9. The van der Waals surface area contributed by atoms with Crippen LogP contribution in [0.4, 0.5) is 0 Å². The summed E-state index contributed by atoms with van der Waals surface area (Å²) in [6.45, 7) is 0.432. The highest BCUT2D eigenvalue weighted by molar-refractivity contribution is 5.93. The summed E-state index contributed by atoms with van der Waals surface area (Å²) >= 11 is 0. The first-order valence-electron chi connectivity index (χ1n) is 10.4. The number of nitrogens with zero attached hydrogens (tertiary/aromatic N) is 2. The number of amides is 2. The van der Waals surface area contributed by atoms with Crippen LogP contribution < -0.4 is 10.6 Å². The van der Waals surface area contributed by atoms with Gasteiger partial charge in [-0.2, -0.15) is 0 Å². The Kier molecular flexibility index (Phi) is 6.91. The van der Waals surface area contributed by atoms with Crippen LogP contribution in [0.1, 0.15) is 21.0 Å². The minimum Gasteiger partial charge on any atom is -0.378 e. The molecule has 0 aliphatic carbocycles. The molecule has 0 saturated heterocycles. The summed E-state index contributed by atoms with van der Waals surface area (Å²) < 4.78 is 5.39. The van der Waals surface area contributed by atoms with E-state index in [0.29, 0.717) is 23.0 Å². The third-order valence-corrected chi connectivity index (χ3v) is 5.05. The zero-order valence-corrected chi connectivity index (χ0v) is 18.0. The van der Waals surface area contributed by atoms with E-state index in [0.717, 1.165) is 11.1 Å². The number of hydrogen-bond donors (Lipinski definition) is 4. The molecule has 0 fully saturated rings. The van der Waals surface area contributed by atoms with Crippen molar-refractivity contribution in [2.24, 2.45) is 0 Å². The fraction of sp³-hybridized carbons (Fsp3) is 0.167. The summed E-state index contributed by atoms with van der Waals surface area (Å²) in [5.74, 6) is 0.620. The first-order chi connectivity index (χ1) is 16.1. The van der Waals surface area contributed by atoms with Crippen LogP contribution in [0, 0.1) is 0 Å². The number of H-pyrrole nitrogens is 2. The van der Waals surface area contributed by atoms with Gasteiger partial charge in [0.25, 0.3) is 11.8 Å². The maximum Gasteiger partial charge on any atom is 0.269 e. The summed E-state index contributed by atoms with van der Waals surface area (Å²) in [6.07, 6.45) is 2.57. The molecule has 2 aromatic carbocycles. The summed E-state index contributed by atoms with van der Waals surface area (Å²) in [6, 6.07) is 19.1. The van der Waals surface area contributed by atoms with Crippen molar-refractivity contribution in [3.8, 4) is 22.8 Å². The molecule has 0 bridgehead atoms. The zero-order chi connectivity index (χ0) is 23.0. The van der Waals surface area contributed by atoms with E-state index in [9.17, 15) is 9.59 Å². The Morgan fingerprint density at radius 2 is 1.21 bits per heavy atom. The van der Waals surface area contributed by atoms with Gasteiger partial charge in [-0.1, -0.05) is 60.7 Å². The Bertz CT molecular complexity index is 1110. The highest BCUT2D eigenvalue weighted by atomic mass is 16.5. The topological polar surface area (TPSA) is 125 Å². The smallest absolute Gasteiger partial charge is 0.269 e. The molecule has 4 aromatic rings. The second-order valence-electron chi connectivity index (χ2n) is 7.30. The van der Waals surface area contributed by atoms with Gasteiger partial charge in [0.05, 0.1) is 18.5 Å². The maximum atomic E-state index is 12.5. The van der Waals surface area contributed by atoms with Gasteiger partial charge < -0.3 is 25.3 Å². The first-order valence-corrected chi connectivity index (χ1v) is 10.4. The average Bonchev–Trinajstić information content (AvgIpc) is 3.56. The van der Waals surface area contributed by atoms with Crippen molar-refractivity contribution in [3.63, 3.8) is 0 Å². The molecule has 0 aliphatic heterocycles. The minimum atomic E-state index is -0.411.